The van der Waals surface area contributed by atoms with Gasteiger partial charge in [-0.15, -0.1) is 0 Å². The highest BCUT2D eigenvalue weighted by molar-refractivity contribution is 5.74. The number of hydrogen-bond donors (Lipinski definition) is 1. The summed E-state index contributed by atoms with van der Waals surface area (Å²) in [5.74, 6) is -0.231. The summed E-state index contributed by atoms with van der Waals surface area (Å²) in [4.78, 5) is 16.2. The zero-order valence-electron chi connectivity index (χ0n) is 13.8. The van der Waals surface area contributed by atoms with E-state index in [9.17, 15) is 9.18 Å². The number of piperazine rings is 1. The lowest BCUT2D eigenvalue weighted by Gasteiger charge is -2.36. The maximum absolute atomic E-state index is 13.3. The highest BCUT2D eigenvalue weighted by atomic mass is 19.1. The smallest absolute Gasteiger partial charge is 0.317 e. The summed E-state index contributed by atoms with van der Waals surface area (Å²) in [5.41, 5.74) is 3.15. The molecule has 4 nitrogen and oxygen atoms in total. The van der Waals surface area contributed by atoms with Crippen molar-refractivity contribution in [3.8, 4) is 0 Å². The predicted octanol–water partition coefficient (Wildman–Crippen LogP) is 3.17. The molecule has 126 valence electrons. The summed E-state index contributed by atoms with van der Waals surface area (Å²) in [6.07, 6.45) is 0. The van der Waals surface area contributed by atoms with E-state index in [1.165, 1.54) is 17.7 Å². The summed E-state index contributed by atoms with van der Waals surface area (Å²) in [5, 5.41) is 2.97. The summed E-state index contributed by atoms with van der Waals surface area (Å²) in [6.45, 7) is 5.26. The average molecular weight is 327 g/mol. The molecule has 2 aromatic rings. The zero-order valence-corrected chi connectivity index (χ0v) is 13.8. The van der Waals surface area contributed by atoms with Crippen LogP contribution in [0.3, 0.4) is 0 Å². The number of amides is 2. The minimum Gasteiger partial charge on any atom is -0.368 e. The largest absolute Gasteiger partial charge is 0.368 e. The van der Waals surface area contributed by atoms with Crippen LogP contribution in [0.5, 0.6) is 0 Å². The summed E-state index contributed by atoms with van der Waals surface area (Å²) in [6, 6.07) is 14.7. The molecule has 1 aliphatic rings. The predicted molar refractivity (Wildman–Crippen MR) is 93.6 cm³/mol. The quantitative estimate of drug-likeness (QED) is 0.940. The van der Waals surface area contributed by atoms with Crippen LogP contribution in [-0.4, -0.2) is 37.1 Å². The Morgan fingerprint density at radius 3 is 2.54 bits per heavy atom. The second-order valence-electron chi connectivity index (χ2n) is 6.10. The Kier molecular flexibility index (Phi) is 4.99. The molecule has 3 rings (SSSR count). The summed E-state index contributed by atoms with van der Waals surface area (Å²) < 4.78 is 13.3. The third-order valence-corrected chi connectivity index (χ3v) is 4.27. The van der Waals surface area contributed by atoms with E-state index < -0.39 is 0 Å². The molecule has 0 unspecified atom stereocenters. The fourth-order valence-corrected chi connectivity index (χ4v) is 2.95. The molecule has 2 amide bonds. The maximum Gasteiger partial charge on any atom is 0.317 e. The van der Waals surface area contributed by atoms with Gasteiger partial charge in [-0.3, -0.25) is 0 Å². The molecule has 0 aromatic heterocycles. The number of hydrogen-bond acceptors (Lipinski definition) is 2. The van der Waals surface area contributed by atoms with E-state index in [0.29, 0.717) is 32.7 Å². The first-order chi connectivity index (χ1) is 11.6. The van der Waals surface area contributed by atoms with Gasteiger partial charge in [0.2, 0.25) is 0 Å². The second-order valence-corrected chi connectivity index (χ2v) is 6.10. The number of carbonyl (C=O) groups excluding carboxylic acids is 1. The first-order valence-corrected chi connectivity index (χ1v) is 8.21. The molecule has 0 atom stereocenters. The minimum absolute atomic E-state index is 0.0459. The Bertz CT molecular complexity index is 711. The molecule has 5 heteroatoms. The molecular formula is C19H22FN3O. The SMILES string of the molecule is Cc1cccc(CNC(=O)N2CCN(c3cccc(F)c3)CC2)c1. The number of benzene rings is 2. The van der Waals surface area contributed by atoms with E-state index >= 15 is 0 Å². The first-order valence-electron chi connectivity index (χ1n) is 8.21. The number of urea groups is 1. The van der Waals surface area contributed by atoms with Crippen LogP contribution in [0.1, 0.15) is 11.1 Å². The normalized spacial score (nSPS) is 14.6. The number of rotatable bonds is 3. The second kappa shape index (κ2) is 7.34. The Morgan fingerprint density at radius 2 is 1.83 bits per heavy atom. The molecule has 0 bridgehead atoms. The minimum atomic E-state index is -0.231. The molecule has 1 N–H and O–H groups in total. The van der Waals surface area contributed by atoms with Crippen molar-refractivity contribution < 1.29 is 9.18 Å². The highest BCUT2D eigenvalue weighted by Crippen LogP contribution is 2.17. The third kappa shape index (κ3) is 4.04. The van der Waals surface area contributed by atoms with Gasteiger partial charge in [-0.05, 0) is 30.7 Å². The van der Waals surface area contributed by atoms with Crippen molar-refractivity contribution in [3.05, 3.63) is 65.5 Å². The van der Waals surface area contributed by atoms with Gasteiger partial charge < -0.3 is 15.1 Å². The number of nitrogens with one attached hydrogen (secondary N) is 1. The molecule has 1 fully saturated rings. The summed E-state index contributed by atoms with van der Waals surface area (Å²) in [7, 11) is 0. The van der Waals surface area contributed by atoms with Crippen LogP contribution < -0.4 is 10.2 Å². The van der Waals surface area contributed by atoms with Gasteiger partial charge in [-0.2, -0.15) is 0 Å². The van der Waals surface area contributed by atoms with Crippen LogP contribution in [0.25, 0.3) is 0 Å². The number of aryl methyl sites for hydroxylation is 1. The number of halogens is 1. The summed E-state index contributed by atoms with van der Waals surface area (Å²) >= 11 is 0. The fraction of sp³-hybridized carbons (Fsp3) is 0.316. The number of carbonyl (C=O) groups is 1. The van der Waals surface area contributed by atoms with E-state index in [0.717, 1.165) is 11.3 Å². The van der Waals surface area contributed by atoms with E-state index in [4.69, 9.17) is 0 Å². The van der Waals surface area contributed by atoms with Crippen molar-refractivity contribution in [2.75, 3.05) is 31.1 Å². The zero-order chi connectivity index (χ0) is 16.9. The van der Waals surface area contributed by atoms with E-state index in [1.54, 1.807) is 6.07 Å². The third-order valence-electron chi connectivity index (χ3n) is 4.27. The van der Waals surface area contributed by atoms with Crippen LogP contribution >= 0.6 is 0 Å². The van der Waals surface area contributed by atoms with Crippen molar-refractivity contribution in [2.45, 2.75) is 13.5 Å². The molecular weight excluding hydrogens is 305 g/mol. The molecule has 0 radical (unpaired) electrons. The van der Waals surface area contributed by atoms with Crippen molar-refractivity contribution >= 4 is 11.7 Å². The molecule has 1 aliphatic heterocycles. The van der Waals surface area contributed by atoms with Gasteiger partial charge in [0, 0.05) is 38.4 Å². The molecule has 2 aromatic carbocycles. The van der Waals surface area contributed by atoms with E-state index in [-0.39, 0.29) is 11.8 Å². The molecule has 1 heterocycles. The lowest BCUT2D eigenvalue weighted by atomic mass is 10.1. The van der Waals surface area contributed by atoms with Gasteiger partial charge in [0.25, 0.3) is 0 Å². The van der Waals surface area contributed by atoms with Crippen molar-refractivity contribution in [2.24, 2.45) is 0 Å². The van der Waals surface area contributed by atoms with Crippen molar-refractivity contribution in [3.63, 3.8) is 0 Å². The Morgan fingerprint density at radius 1 is 1.08 bits per heavy atom. The highest BCUT2D eigenvalue weighted by Gasteiger charge is 2.21. The van der Waals surface area contributed by atoms with Gasteiger partial charge >= 0.3 is 6.03 Å². The lowest BCUT2D eigenvalue weighted by Crippen LogP contribution is -2.51. The van der Waals surface area contributed by atoms with Crippen molar-refractivity contribution in [1.82, 2.24) is 10.2 Å². The van der Waals surface area contributed by atoms with Crippen LogP contribution in [0, 0.1) is 12.7 Å². The Hall–Kier alpha value is -2.56. The van der Waals surface area contributed by atoms with Gasteiger partial charge in [0.1, 0.15) is 5.82 Å². The van der Waals surface area contributed by atoms with Crippen LogP contribution in [-0.2, 0) is 6.54 Å². The van der Waals surface area contributed by atoms with Gasteiger partial charge in [0.05, 0.1) is 0 Å². The standard InChI is InChI=1S/C19H22FN3O/c1-15-4-2-5-16(12-15)14-21-19(24)23-10-8-22(9-11-23)18-7-3-6-17(20)13-18/h2-7,12-13H,8-11,14H2,1H3,(H,21,24). The van der Waals surface area contributed by atoms with Crippen molar-refractivity contribution in [1.29, 1.82) is 0 Å². The number of anilines is 1. The number of nitrogens with zero attached hydrogens (tertiary/aromatic N) is 2. The Labute approximate surface area is 141 Å². The molecule has 0 aliphatic carbocycles. The molecule has 0 saturated carbocycles. The van der Waals surface area contributed by atoms with Gasteiger partial charge in [-0.1, -0.05) is 35.9 Å². The molecule has 24 heavy (non-hydrogen) atoms. The molecule has 1 saturated heterocycles. The monoisotopic (exact) mass is 327 g/mol. The van der Waals surface area contributed by atoms with Gasteiger partial charge in [0.15, 0.2) is 0 Å². The van der Waals surface area contributed by atoms with Crippen LogP contribution in [0.2, 0.25) is 0 Å². The van der Waals surface area contributed by atoms with Crippen LogP contribution in [0.15, 0.2) is 48.5 Å². The van der Waals surface area contributed by atoms with E-state index in [1.807, 2.05) is 36.1 Å². The first kappa shape index (κ1) is 16.3. The van der Waals surface area contributed by atoms with Gasteiger partial charge in [-0.25, -0.2) is 9.18 Å². The fourth-order valence-electron chi connectivity index (χ4n) is 2.95. The van der Waals surface area contributed by atoms with Crippen LogP contribution in [0.4, 0.5) is 14.9 Å². The topological polar surface area (TPSA) is 35.6 Å². The Balaban J connectivity index is 1.50. The molecule has 0 spiro atoms. The lowest BCUT2D eigenvalue weighted by molar-refractivity contribution is 0.194. The average Bonchev–Trinajstić information content (AvgIpc) is 2.60. The maximum atomic E-state index is 13.3. The van der Waals surface area contributed by atoms with E-state index in [2.05, 4.69) is 16.3 Å².